The van der Waals surface area contributed by atoms with Crippen LogP contribution in [-0.4, -0.2) is 34.9 Å². The standard InChI is InChI=1S/C12H15NO.C9H11N3O.3C2H6/c1-3-4-8-13-12(14)11-7-5-6-10(2)9-11;1-2-3-4-12-9(13)8-7-10-5-6-11-8;3*1-2/h3-7,9H,8H2,1-2H3,(H,13,14);2-3,5-7H,4H2,1H3,(H,12,13);3*1-2H3/b4-3+;3-2+;;;. The molecule has 1 heterocycles. The van der Waals surface area contributed by atoms with E-state index in [1.807, 2.05) is 111 Å². The van der Waals surface area contributed by atoms with E-state index >= 15 is 0 Å². The molecule has 0 fully saturated rings. The first-order valence-corrected chi connectivity index (χ1v) is 11.7. The van der Waals surface area contributed by atoms with E-state index in [1.54, 1.807) is 0 Å². The maximum atomic E-state index is 11.5. The van der Waals surface area contributed by atoms with Crippen LogP contribution in [0.5, 0.6) is 0 Å². The molecule has 0 unspecified atom stereocenters. The van der Waals surface area contributed by atoms with Gasteiger partial charge in [-0.3, -0.25) is 14.6 Å². The zero-order chi connectivity index (χ0) is 25.9. The number of benzene rings is 1. The van der Waals surface area contributed by atoms with Crippen LogP contribution in [0.1, 0.15) is 81.8 Å². The maximum absolute atomic E-state index is 11.5. The fraction of sp³-hybridized carbons (Fsp3) is 0.407. The molecule has 0 saturated carbocycles. The van der Waals surface area contributed by atoms with Gasteiger partial charge in [-0.15, -0.1) is 0 Å². The summed E-state index contributed by atoms with van der Waals surface area (Å²) in [5.74, 6) is -0.224. The minimum atomic E-state index is -0.203. The molecule has 1 aromatic heterocycles. The van der Waals surface area contributed by atoms with Crippen LogP contribution >= 0.6 is 0 Å². The lowest BCUT2D eigenvalue weighted by Crippen LogP contribution is -2.24. The zero-order valence-electron chi connectivity index (χ0n) is 22.0. The van der Waals surface area contributed by atoms with Crippen molar-refractivity contribution in [2.45, 2.75) is 62.3 Å². The summed E-state index contributed by atoms with van der Waals surface area (Å²) in [5.41, 5.74) is 2.16. The van der Waals surface area contributed by atoms with Crippen molar-refractivity contribution in [3.8, 4) is 0 Å². The van der Waals surface area contributed by atoms with Crippen LogP contribution in [-0.2, 0) is 0 Å². The Bertz CT molecular complexity index is 773. The molecule has 0 spiro atoms. The van der Waals surface area contributed by atoms with Crippen molar-refractivity contribution in [3.63, 3.8) is 0 Å². The van der Waals surface area contributed by atoms with E-state index in [9.17, 15) is 9.59 Å². The molecular weight excluding hydrogens is 412 g/mol. The first kappa shape index (κ1) is 34.3. The molecule has 0 saturated heterocycles. The Hall–Kier alpha value is -3.28. The van der Waals surface area contributed by atoms with Gasteiger partial charge in [-0.05, 0) is 32.9 Å². The van der Waals surface area contributed by atoms with Crippen molar-refractivity contribution >= 4 is 11.8 Å². The SMILES string of the molecule is C/C=C/CNC(=O)c1cccc(C)c1.C/C=C/CNC(=O)c1cnccn1.CC.CC.CC. The Balaban J connectivity index is -0.000000445. The van der Waals surface area contributed by atoms with Gasteiger partial charge in [0, 0.05) is 31.0 Å². The number of rotatable bonds is 6. The van der Waals surface area contributed by atoms with Crippen molar-refractivity contribution < 1.29 is 9.59 Å². The molecule has 0 atom stereocenters. The number of aromatic nitrogens is 2. The summed E-state index contributed by atoms with van der Waals surface area (Å²) in [6.07, 6.45) is 12.0. The highest BCUT2D eigenvalue weighted by atomic mass is 16.2. The average molecular weight is 457 g/mol. The number of amides is 2. The molecule has 0 aliphatic heterocycles. The fourth-order valence-electron chi connectivity index (χ4n) is 1.93. The summed E-state index contributed by atoms with van der Waals surface area (Å²) in [6.45, 7) is 18.9. The highest BCUT2D eigenvalue weighted by Crippen LogP contribution is 2.03. The van der Waals surface area contributed by atoms with Crippen molar-refractivity contribution in [3.05, 3.63) is 84.0 Å². The third-order valence-electron chi connectivity index (χ3n) is 3.31. The van der Waals surface area contributed by atoms with E-state index in [0.29, 0.717) is 18.8 Å². The molecule has 2 aromatic rings. The van der Waals surface area contributed by atoms with Gasteiger partial charge in [-0.2, -0.15) is 0 Å². The zero-order valence-corrected chi connectivity index (χ0v) is 22.0. The second-order valence-electron chi connectivity index (χ2n) is 5.52. The van der Waals surface area contributed by atoms with Crippen molar-refractivity contribution in [2.75, 3.05) is 13.1 Å². The molecule has 0 aliphatic carbocycles. The number of aryl methyl sites for hydroxylation is 1. The molecule has 6 heteroatoms. The third-order valence-corrected chi connectivity index (χ3v) is 3.31. The molecule has 0 radical (unpaired) electrons. The molecule has 2 amide bonds. The minimum Gasteiger partial charge on any atom is -0.349 e. The summed E-state index contributed by atoms with van der Waals surface area (Å²) in [4.78, 5) is 30.5. The first-order valence-electron chi connectivity index (χ1n) is 11.7. The van der Waals surface area contributed by atoms with Crippen LogP contribution in [0.3, 0.4) is 0 Å². The Morgan fingerprint density at radius 1 is 0.848 bits per heavy atom. The number of hydrogen-bond donors (Lipinski definition) is 2. The smallest absolute Gasteiger partial charge is 0.271 e. The van der Waals surface area contributed by atoms with Crippen LogP contribution < -0.4 is 10.6 Å². The second kappa shape index (κ2) is 26.8. The van der Waals surface area contributed by atoms with Gasteiger partial charge in [0.15, 0.2) is 0 Å². The van der Waals surface area contributed by atoms with E-state index in [-0.39, 0.29) is 11.8 Å². The van der Waals surface area contributed by atoms with Crippen LogP contribution in [0.15, 0.2) is 67.2 Å². The monoisotopic (exact) mass is 456 g/mol. The van der Waals surface area contributed by atoms with Gasteiger partial charge < -0.3 is 10.6 Å². The number of carbonyl (C=O) groups is 2. The van der Waals surface area contributed by atoms with Crippen LogP contribution in [0.4, 0.5) is 0 Å². The lowest BCUT2D eigenvalue weighted by Gasteiger charge is -2.02. The number of allylic oxidation sites excluding steroid dienone is 2. The highest BCUT2D eigenvalue weighted by Gasteiger charge is 2.03. The lowest BCUT2D eigenvalue weighted by molar-refractivity contribution is 0.0946. The van der Waals surface area contributed by atoms with Crippen molar-refractivity contribution in [1.82, 2.24) is 20.6 Å². The summed E-state index contributed by atoms with van der Waals surface area (Å²) in [5, 5.41) is 5.47. The number of nitrogens with zero attached hydrogens (tertiary/aromatic N) is 2. The van der Waals surface area contributed by atoms with Crippen molar-refractivity contribution in [2.24, 2.45) is 0 Å². The summed E-state index contributed by atoms with van der Waals surface area (Å²) >= 11 is 0. The Labute approximate surface area is 201 Å². The predicted molar refractivity (Wildman–Crippen MR) is 142 cm³/mol. The van der Waals surface area contributed by atoms with Crippen molar-refractivity contribution in [1.29, 1.82) is 0 Å². The van der Waals surface area contributed by atoms with Crippen LogP contribution in [0.25, 0.3) is 0 Å². The molecule has 2 N–H and O–H groups in total. The second-order valence-corrected chi connectivity index (χ2v) is 5.52. The Kier molecular flexibility index (Phi) is 27.8. The molecule has 0 bridgehead atoms. The van der Waals surface area contributed by atoms with Gasteiger partial charge in [0.05, 0.1) is 6.20 Å². The van der Waals surface area contributed by atoms with E-state index in [1.165, 1.54) is 18.6 Å². The van der Waals surface area contributed by atoms with Gasteiger partial charge in [0.2, 0.25) is 0 Å². The topological polar surface area (TPSA) is 84.0 Å². The Morgan fingerprint density at radius 3 is 1.85 bits per heavy atom. The van der Waals surface area contributed by atoms with Gasteiger partial charge >= 0.3 is 0 Å². The van der Waals surface area contributed by atoms with E-state index in [2.05, 4.69) is 20.6 Å². The average Bonchev–Trinajstić information content (AvgIpc) is 2.89. The molecule has 6 nitrogen and oxygen atoms in total. The molecule has 0 aliphatic rings. The van der Waals surface area contributed by atoms with Crippen LogP contribution in [0.2, 0.25) is 0 Å². The molecular formula is C27H44N4O2. The quantitative estimate of drug-likeness (QED) is 0.510. The summed E-state index contributed by atoms with van der Waals surface area (Å²) in [6, 6.07) is 7.56. The summed E-state index contributed by atoms with van der Waals surface area (Å²) < 4.78 is 0. The predicted octanol–water partition coefficient (Wildman–Crippen LogP) is 6.16. The molecule has 33 heavy (non-hydrogen) atoms. The highest BCUT2D eigenvalue weighted by molar-refractivity contribution is 5.94. The van der Waals surface area contributed by atoms with Gasteiger partial charge in [-0.1, -0.05) is 83.5 Å². The molecule has 184 valence electrons. The van der Waals surface area contributed by atoms with Crippen LogP contribution in [0, 0.1) is 6.92 Å². The first-order chi connectivity index (χ1) is 16.1. The normalized spacial score (nSPS) is 9.00. The Morgan fingerprint density at radius 2 is 1.39 bits per heavy atom. The van der Waals surface area contributed by atoms with Gasteiger partial charge in [0.1, 0.15) is 5.69 Å². The fourth-order valence-corrected chi connectivity index (χ4v) is 1.93. The largest absolute Gasteiger partial charge is 0.349 e. The summed E-state index contributed by atoms with van der Waals surface area (Å²) in [7, 11) is 0. The minimum absolute atomic E-state index is 0.0215. The number of nitrogens with one attached hydrogen (secondary N) is 2. The maximum Gasteiger partial charge on any atom is 0.271 e. The van der Waals surface area contributed by atoms with Gasteiger partial charge in [-0.25, -0.2) is 4.98 Å². The van der Waals surface area contributed by atoms with Gasteiger partial charge in [0.25, 0.3) is 11.8 Å². The third kappa shape index (κ3) is 19.2. The number of carbonyl (C=O) groups excluding carboxylic acids is 2. The van der Waals surface area contributed by atoms with E-state index < -0.39 is 0 Å². The lowest BCUT2D eigenvalue weighted by atomic mass is 10.1. The van der Waals surface area contributed by atoms with E-state index in [4.69, 9.17) is 0 Å². The van der Waals surface area contributed by atoms with E-state index in [0.717, 1.165) is 11.1 Å². The number of hydrogen-bond acceptors (Lipinski definition) is 4. The molecule has 1 aromatic carbocycles. The molecule has 2 rings (SSSR count).